The Balaban J connectivity index is 1.35. The number of thiazole rings is 1. The quantitative estimate of drug-likeness (QED) is 0.303. The number of carbonyl (C=O) groups excluding carboxylic acids is 1. The number of anilines is 1. The first-order valence-corrected chi connectivity index (χ1v) is 13.5. The summed E-state index contributed by atoms with van der Waals surface area (Å²) in [4.78, 5) is 23.2. The van der Waals surface area contributed by atoms with Crippen LogP contribution in [0.15, 0.2) is 42.0 Å². The summed E-state index contributed by atoms with van der Waals surface area (Å²) >= 11 is 3.20. The van der Waals surface area contributed by atoms with Crippen molar-refractivity contribution in [2.24, 2.45) is 5.73 Å². The zero-order chi connectivity index (χ0) is 24.4. The number of rotatable bonds is 8. The van der Waals surface area contributed by atoms with Crippen molar-refractivity contribution < 1.29 is 14.6 Å². The first kappa shape index (κ1) is 23.7. The highest BCUT2D eigenvalue weighted by atomic mass is 32.1. The predicted molar refractivity (Wildman–Crippen MR) is 142 cm³/mol. The molecular formula is C26H28N4O3S2. The molecule has 0 aliphatic heterocycles. The molecule has 7 nitrogen and oxygen atoms in total. The Morgan fingerprint density at radius 1 is 1.20 bits per heavy atom. The van der Waals surface area contributed by atoms with Crippen molar-refractivity contribution in [1.29, 1.82) is 0 Å². The topological polar surface area (TPSA) is 110 Å². The molecule has 0 spiro atoms. The Bertz CT molecular complexity index is 1320. The summed E-state index contributed by atoms with van der Waals surface area (Å²) < 4.78 is 6.76. The van der Waals surface area contributed by atoms with Crippen molar-refractivity contribution in [3.63, 3.8) is 0 Å². The summed E-state index contributed by atoms with van der Waals surface area (Å²) in [7, 11) is 0. The number of aliphatic hydroxyl groups excluding tert-OH is 1. The van der Waals surface area contributed by atoms with E-state index in [9.17, 15) is 9.90 Å². The predicted octanol–water partition coefficient (Wildman–Crippen LogP) is 5.16. The second kappa shape index (κ2) is 10.3. The number of carbonyl (C=O) groups is 1. The Kier molecular flexibility index (Phi) is 6.99. The number of hydrogen-bond donors (Lipinski definition) is 3. The normalized spacial score (nSPS) is 18.0. The summed E-state index contributed by atoms with van der Waals surface area (Å²) in [6.45, 7) is 2.62. The van der Waals surface area contributed by atoms with E-state index < -0.39 is 5.91 Å². The summed E-state index contributed by atoms with van der Waals surface area (Å²) in [5, 5.41) is 14.2. The number of primary amides is 1. The molecule has 3 heterocycles. The second-order valence-corrected chi connectivity index (χ2v) is 10.9. The van der Waals surface area contributed by atoms with Gasteiger partial charge in [0, 0.05) is 33.8 Å². The molecule has 35 heavy (non-hydrogen) atoms. The van der Waals surface area contributed by atoms with Gasteiger partial charge in [-0.3, -0.25) is 4.79 Å². The van der Waals surface area contributed by atoms with Crippen LogP contribution in [0, 0.1) is 6.92 Å². The molecular weight excluding hydrogens is 480 g/mol. The molecule has 5 rings (SSSR count). The highest BCUT2D eigenvalue weighted by Crippen LogP contribution is 2.39. The molecule has 0 unspecified atom stereocenters. The minimum atomic E-state index is -0.483. The van der Waals surface area contributed by atoms with Gasteiger partial charge in [0.15, 0.2) is 0 Å². The molecule has 1 aliphatic carbocycles. The van der Waals surface area contributed by atoms with Crippen LogP contribution in [0.2, 0.25) is 0 Å². The molecule has 9 heteroatoms. The van der Waals surface area contributed by atoms with Crippen LogP contribution in [0.5, 0.6) is 5.75 Å². The molecule has 0 radical (unpaired) electrons. The lowest BCUT2D eigenvalue weighted by atomic mass is 9.93. The molecule has 1 amide bonds. The van der Waals surface area contributed by atoms with E-state index in [0.717, 1.165) is 69.9 Å². The molecule has 182 valence electrons. The number of ether oxygens (including phenoxy) is 1. The van der Waals surface area contributed by atoms with E-state index >= 15 is 0 Å². The maximum atomic E-state index is 12.1. The number of hydrogen-bond acceptors (Lipinski definition) is 8. The van der Waals surface area contributed by atoms with Gasteiger partial charge >= 0.3 is 0 Å². The average Bonchev–Trinajstić information content (AvgIpc) is 3.48. The number of nitrogens with one attached hydrogen (secondary N) is 1. The van der Waals surface area contributed by atoms with Crippen molar-refractivity contribution in [1.82, 2.24) is 9.97 Å². The standard InChI is InChI=1S/C26H28N4O3S2/c1-15-22(34-14-29-15)10-11-33-19-8-2-16(3-9-19)23-12-20-24(35-23)21(25(27)32)13-28-26(20)30-17-4-6-18(31)7-5-17/h2-3,8-9,12-14,17-18,31H,4-7,10-11H2,1H3,(H2,27,32)(H,28,30). The van der Waals surface area contributed by atoms with Crippen LogP contribution < -0.4 is 15.8 Å². The fraction of sp³-hybridized carbons (Fsp3) is 0.346. The SMILES string of the molecule is Cc1ncsc1CCOc1ccc(-c2cc3c(NC4CCC(O)CC4)ncc(C(N)=O)c3s2)cc1. The van der Waals surface area contributed by atoms with Crippen LogP contribution in [-0.2, 0) is 6.42 Å². The van der Waals surface area contributed by atoms with E-state index in [4.69, 9.17) is 10.5 Å². The summed E-state index contributed by atoms with van der Waals surface area (Å²) in [5.74, 6) is 1.09. The fourth-order valence-corrected chi connectivity index (χ4v) is 6.36. The van der Waals surface area contributed by atoms with Gasteiger partial charge in [0.05, 0.1) is 34.2 Å². The zero-order valence-corrected chi connectivity index (χ0v) is 21.1. The Hall–Kier alpha value is -3.01. The van der Waals surface area contributed by atoms with E-state index in [1.54, 1.807) is 17.5 Å². The molecule has 1 saturated carbocycles. The molecule has 0 atom stereocenters. The van der Waals surface area contributed by atoms with Gasteiger partial charge in [-0.2, -0.15) is 0 Å². The monoisotopic (exact) mass is 508 g/mol. The zero-order valence-electron chi connectivity index (χ0n) is 19.5. The number of benzene rings is 1. The molecule has 1 aliphatic rings. The van der Waals surface area contributed by atoms with E-state index in [1.165, 1.54) is 16.2 Å². The number of thiophene rings is 1. The van der Waals surface area contributed by atoms with Crippen molar-refractivity contribution >= 4 is 44.5 Å². The van der Waals surface area contributed by atoms with Gasteiger partial charge in [0.25, 0.3) is 5.91 Å². The molecule has 1 fully saturated rings. The summed E-state index contributed by atoms with van der Waals surface area (Å²) in [5.41, 5.74) is 10.1. The Morgan fingerprint density at radius 3 is 2.66 bits per heavy atom. The summed E-state index contributed by atoms with van der Waals surface area (Å²) in [6, 6.07) is 10.3. The Morgan fingerprint density at radius 2 is 1.97 bits per heavy atom. The largest absolute Gasteiger partial charge is 0.493 e. The number of aromatic nitrogens is 2. The van der Waals surface area contributed by atoms with Crippen molar-refractivity contribution in [2.45, 2.75) is 51.2 Å². The van der Waals surface area contributed by atoms with Crippen molar-refractivity contribution in [3.05, 3.63) is 58.2 Å². The summed E-state index contributed by atoms with van der Waals surface area (Å²) in [6.07, 6.45) is 5.54. The van der Waals surface area contributed by atoms with Gasteiger partial charge in [-0.25, -0.2) is 9.97 Å². The number of aliphatic hydroxyl groups is 1. The van der Waals surface area contributed by atoms with Crippen LogP contribution in [0.4, 0.5) is 5.82 Å². The van der Waals surface area contributed by atoms with Crippen LogP contribution in [0.25, 0.3) is 20.5 Å². The second-order valence-electron chi connectivity index (χ2n) is 8.87. The van der Waals surface area contributed by atoms with E-state index in [-0.39, 0.29) is 12.1 Å². The first-order chi connectivity index (χ1) is 17.0. The van der Waals surface area contributed by atoms with Gasteiger partial charge in [-0.15, -0.1) is 22.7 Å². The van der Waals surface area contributed by atoms with Gasteiger partial charge in [-0.1, -0.05) is 0 Å². The lowest BCUT2D eigenvalue weighted by molar-refractivity contribution is 0.100. The van der Waals surface area contributed by atoms with Gasteiger partial charge in [0.1, 0.15) is 11.6 Å². The third-order valence-electron chi connectivity index (χ3n) is 6.44. The molecule has 4 aromatic rings. The molecule has 0 bridgehead atoms. The number of amides is 1. The number of aryl methyl sites for hydroxylation is 1. The minimum absolute atomic E-state index is 0.213. The highest BCUT2D eigenvalue weighted by Gasteiger charge is 2.22. The third-order valence-corrected chi connectivity index (χ3v) is 8.65. The molecule has 4 N–H and O–H groups in total. The Labute approximate surface area is 212 Å². The smallest absolute Gasteiger partial charge is 0.251 e. The van der Waals surface area contributed by atoms with Gasteiger partial charge < -0.3 is 20.9 Å². The van der Waals surface area contributed by atoms with Crippen LogP contribution in [-0.4, -0.2) is 39.7 Å². The maximum absolute atomic E-state index is 12.1. The first-order valence-electron chi connectivity index (χ1n) is 11.8. The minimum Gasteiger partial charge on any atom is -0.493 e. The number of pyridine rings is 1. The van der Waals surface area contributed by atoms with E-state index in [0.29, 0.717) is 12.2 Å². The lowest BCUT2D eigenvalue weighted by Gasteiger charge is -2.26. The van der Waals surface area contributed by atoms with Crippen LogP contribution >= 0.6 is 22.7 Å². The highest BCUT2D eigenvalue weighted by molar-refractivity contribution is 7.22. The van der Waals surface area contributed by atoms with E-state index in [1.807, 2.05) is 36.7 Å². The van der Waals surface area contributed by atoms with Crippen molar-refractivity contribution in [3.8, 4) is 16.2 Å². The van der Waals surface area contributed by atoms with E-state index in [2.05, 4.69) is 21.4 Å². The van der Waals surface area contributed by atoms with Crippen molar-refractivity contribution in [2.75, 3.05) is 11.9 Å². The molecule has 3 aromatic heterocycles. The number of nitrogens with two attached hydrogens (primary N) is 1. The maximum Gasteiger partial charge on any atom is 0.251 e. The number of fused-ring (bicyclic) bond motifs is 1. The molecule has 0 saturated heterocycles. The van der Waals surface area contributed by atoms with Gasteiger partial charge in [-0.05, 0) is 68.5 Å². The van der Waals surface area contributed by atoms with Crippen LogP contribution in [0.1, 0.15) is 46.6 Å². The third kappa shape index (κ3) is 5.32. The van der Waals surface area contributed by atoms with Crippen LogP contribution in [0.3, 0.4) is 0 Å². The lowest BCUT2D eigenvalue weighted by Crippen LogP contribution is -2.28. The number of nitrogens with zero attached hydrogens (tertiary/aromatic N) is 2. The fourth-order valence-electron chi connectivity index (χ4n) is 4.41. The average molecular weight is 509 g/mol. The van der Waals surface area contributed by atoms with Gasteiger partial charge in [0.2, 0.25) is 0 Å². The molecule has 1 aromatic carbocycles.